The van der Waals surface area contributed by atoms with E-state index in [1.165, 1.54) is 0 Å². The van der Waals surface area contributed by atoms with E-state index in [0.29, 0.717) is 13.1 Å². The molecular formula is C13H16N2O2. The van der Waals surface area contributed by atoms with Crippen molar-refractivity contribution in [2.24, 2.45) is 0 Å². The predicted octanol–water partition coefficient (Wildman–Crippen LogP) is 1.19. The van der Waals surface area contributed by atoms with Gasteiger partial charge in [-0.05, 0) is 12.1 Å². The Morgan fingerprint density at radius 3 is 3.18 bits per heavy atom. The molecule has 0 radical (unpaired) electrons. The van der Waals surface area contributed by atoms with Gasteiger partial charge in [0.25, 0.3) is 5.91 Å². The third-order valence-electron chi connectivity index (χ3n) is 2.70. The number of rotatable bonds is 3. The van der Waals surface area contributed by atoms with Crippen LogP contribution in [0.5, 0.6) is 5.75 Å². The molecular weight excluding hydrogens is 216 g/mol. The van der Waals surface area contributed by atoms with Crippen LogP contribution in [0.25, 0.3) is 0 Å². The minimum atomic E-state index is -0.463. The molecule has 0 bridgehead atoms. The maximum atomic E-state index is 11.8. The Bertz CT molecular complexity index is 431. The first-order chi connectivity index (χ1) is 8.22. The standard InChI is InChI=1S/C13H16N2O2/c1-3-8-14-13(16)12-9-15(2)10-6-4-5-7-11(10)17-12/h3-7,12H,1,8-9H2,2H3,(H,14,16). The summed E-state index contributed by atoms with van der Waals surface area (Å²) in [7, 11) is 1.95. The molecule has 0 spiro atoms. The van der Waals surface area contributed by atoms with Gasteiger partial charge in [0.05, 0.1) is 12.2 Å². The summed E-state index contributed by atoms with van der Waals surface area (Å²) < 4.78 is 5.67. The van der Waals surface area contributed by atoms with E-state index >= 15 is 0 Å². The first kappa shape index (κ1) is 11.5. The molecule has 1 aromatic carbocycles. The van der Waals surface area contributed by atoms with Crippen LogP contribution in [0.15, 0.2) is 36.9 Å². The quantitative estimate of drug-likeness (QED) is 0.796. The van der Waals surface area contributed by atoms with E-state index < -0.39 is 6.10 Å². The number of ether oxygens (including phenoxy) is 1. The van der Waals surface area contributed by atoms with Crippen molar-refractivity contribution in [3.63, 3.8) is 0 Å². The third-order valence-corrected chi connectivity index (χ3v) is 2.70. The molecule has 1 aliphatic rings. The van der Waals surface area contributed by atoms with Gasteiger partial charge >= 0.3 is 0 Å². The third kappa shape index (κ3) is 2.41. The molecule has 4 nitrogen and oxygen atoms in total. The highest BCUT2D eigenvalue weighted by molar-refractivity contribution is 5.83. The lowest BCUT2D eigenvalue weighted by Crippen LogP contribution is -2.47. The smallest absolute Gasteiger partial charge is 0.263 e. The molecule has 2 rings (SSSR count). The van der Waals surface area contributed by atoms with Crippen molar-refractivity contribution in [3.05, 3.63) is 36.9 Å². The monoisotopic (exact) mass is 232 g/mol. The summed E-state index contributed by atoms with van der Waals surface area (Å²) in [6.07, 6.45) is 1.19. The molecule has 1 heterocycles. The van der Waals surface area contributed by atoms with Crippen molar-refractivity contribution in [2.75, 3.05) is 25.0 Å². The summed E-state index contributed by atoms with van der Waals surface area (Å²) in [5.74, 6) is 0.645. The number of benzene rings is 1. The van der Waals surface area contributed by atoms with Crippen LogP contribution < -0.4 is 15.0 Å². The number of amides is 1. The molecule has 1 aromatic rings. The zero-order valence-electron chi connectivity index (χ0n) is 9.85. The van der Waals surface area contributed by atoms with E-state index in [4.69, 9.17) is 4.74 Å². The number of hydrogen-bond donors (Lipinski definition) is 1. The van der Waals surface area contributed by atoms with Gasteiger partial charge in [-0.15, -0.1) is 6.58 Å². The minimum Gasteiger partial charge on any atom is -0.477 e. The van der Waals surface area contributed by atoms with E-state index in [9.17, 15) is 4.79 Å². The molecule has 0 aliphatic carbocycles. The highest BCUT2D eigenvalue weighted by Gasteiger charge is 2.28. The number of nitrogens with zero attached hydrogens (tertiary/aromatic N) is 1. The van der Waals surface area contributed by atoms with Gasteiger partial charge < -0.3 is 15.0 Å². The number of para-hydroxylation sites is 2. The van der Waals surface area contributed by atoms with Gasteiger partial charge in [0.15, 0.2) is 6.10 Å². The van der Waals surface area contributed by atoms with Crippen LogP contribution in [0, 0.1) is 0 Å². The Labute approximate surface area is 101 Å². The average Bonchev–Trinajstić information content (AvgIpc) is 2.36. The van der Waals surface area contributed by atoms with Gasteiger partial charge in [-0.25, -0.2) is 0 Å². The zero-order valence-corrected chi connectivity index (χ0v) is 9.85. The van der Waals surface area contributed by atoms with Crippen molar-refractivity contribution >= 4 is 11.6 Å². The number of fused-ring (bicyclic) bond motifs is 1. The van der Waals surface area contributed by atoms with E-state index in [1.54, 1.807) is 6.08 Å². The Kier molecular flexibility index (Phi) is 3.32. The average molecular weight is 232 g/mol. The zero-order chi connectivity index (χ0) is 12.3. The molecule has 1 unspecified atom stereocenters. The summed E-state index contributed by atoms with van der Waals surface area (Å²) in [5, 5.41) is 2.74. The minimum absolute atomic E-state index is 0.105. The van der Waals surface area contributed by atoms with Crippen molar-refractivity contribution < 1.29 is 9.53 Å². The Hall–Kier alpha value is -1.97. The predicted molar refractivity (Wildman–Crippen MR) is 67.3 cm³/mol. The highest BCUT2D eigenvalue weighted by Crippen LogP contribution is 2.31. The molecule has 1 aliphatic heterocycles. The number of anilines is 1. The summed E-state index contributed by atoms with van der Waals surface area (Å²) in [6.45, 7) is 4.58. The van der Waals surface area contributed by atoms with Crippen LogP contribution in [0.2, 0.25) is 0 Å². The fourth-order valence-electron chi connectivity index (χ4n) is 1.83. The summed E-state index contributed by atoms with van der Waals surface area (Å²) in [4.78, 5) is 13.8. The van der Waals surface area contributed by atoms with Gasteiger partial charge in [-0.1, -0.05) is 18.2 Å². The highest BCUT2D eigenvalue weighted by atomic mass is 16.5. The Morgan fingerprint density at radius 1 is 1.65 bits per heavy atom. The number of nitrogens with one attached hydrogen (secondary N) is 1. The maximum Gasteiger partial charge on any atom is 0.263 e. The van der Waals surface area contributed by atoms with Crippen LogP contribution in [0.1, 0.15) is 0 Å². The molecule has 1 atom stereocenters. The molecule has 1 N–H and O–H groups in total. The molecule has 0 saturated carbocycles. The van der Waals surface area contributed by atoms with Gasteiger partial charge in [-0.3, -0.25) is 4.79 Å². The van der Waals surface area contributed by atoms with Crippen LogP contribution in [-0.2, 0) is 4.79 Å². The topological polar surface area (TPSA) is 41.6 Å². The van der Waals surface area contributed by atoms with E-state index in [1.807, 2.05) is 36.2 Å². The molecule has 4 heteroatoms. The normalized spacial score (nSPS) is 17.9. The maximum absolute atomic E-state index is 11.8. The van der Waals surface area contributed by atoms with Gasteiger partial charge in [0, 0.05) is 13.6 Å². The fraction of sp³-hybridized carbons (Fsp3) is 0.308. The van der Waals surface area contributed by atoms with Crippen LogP contribution in [0.3, 0.4) is 0 Å². The summed E-state index contributed by atoms with van der Waals surface area (Å²) in [5.41, 5.74) is 1.01. The summed E-state index contributed by atoms with van der Waals surface area (Å²) >= 11 is 0. The van der Waals surface area contributed by atoms with Crippen LogP contribution in [0.4, 0.5) is 5.69 Å². The lowest BCUT2D eigenvalue weighted by molar-refractivity contribution is -0.127. The largest absolute Gasteiger partial charge is 0.477 e. The molecule has 0 fully saturated rings. The van der Waals surface area contributed by atoms with Crippen molar-refractivity contribution in [1.82, 2.24) is 5.32 Å². The first-order valence-corrected chi connectivity index (χ1v) is 5.58. The lowest BCUT2D eigenvalue weighted by atomic mass is 10.2. The van der Waals surface area contributed by atoms with Gasteiger partial charge in [-0.2, -0.15) is 0 Å². The van der Waals surface area contributed by atoms with E-state index in [2.05, 4.69) is 11.9 Å². The molecule has 90 valence electrons. The van der Waals surface area contributed by atoms with Crippen molar-refractivity contribution in [2.45, 2.75) is 6.10 Å². The summed E-state index contributed by atoms with van der Waals surface area (Å²) in [6, 6.07) is 7.71. The first-order valence-electron chi connectivity index (χ1n) is 5.58. The molecule has 17 heavy (non-hydrogen) atoms. The number of carbonyl (C=O) groups excluding carboxylic acids is 1. The van der Waals surface area contributed by atoms with Crippen LogP contribution in [-0.4, -0.2) is 32.1 Å². The second-order valence-electron chi connectivity index (χ2n) is 3.99. The van der Waals surface area contributed by atoms with Gasteiger partial charge in [0.2, 0.25) is 0 Å². The molecule has 1 amide bonds. The van der Waals surface area contributed by atoms with Crippen LogP contribution >= 0.6 is 0 Å². The van der Waals surface area contributed by atoms with Crippen molar-refractivity contribution in [3.8, 4) is 5.75 Å². The van der Waals surface area contributed by atoms with E-state index in [-0.39, 0.29) is 5.91 Å². The lowest BCUT2D eigenvalue weighted by Gasteiger charge is -2.32. The number of carbonyl (C=O) groups is 1. The van der Waals surface area contributed by atoms with Crippen molar-refractivity contribution in [1.29, 1.82) is 0 Å². The molecule has 0 aromatic heterocycles. The van der Waals surface area contributed by atoms with Gasteiger partial charge in [0.1, 0.15) is 5.75 Å². The molecule has 0 saturated heterocycles. The second-order valence-corrected chi connectivity index (χ2v) is 3.99. The number of hydrogen-bond acceptors (Lipinski definition) is 3. The second kappa shape index (κ2) is 4.91. The van der Waals surface area contributed by atoms with E-state index in [0.717, 1.165) is 11.4 Å². The Morgan fingerprint density at radius 2 is 2.41 bits per heavy atom. The Balaban J connectivity index is 2.11. The fourth-order valence-corrected chi connectivity index (χ4v) is 1.83. The SMILES string of the molecule is C=CCNC(=O)C1CN(C)c2ccccc2O1. The number of likely N-dealkylation sites (N-methyl/N-ethyl adjacent to an activating group) is 1.